The molecule has 7 heteroatoms. The zero-order valence-electron chi connectivity index (χ0n) is 14.1. The molecule has 0 aromatic heterocycles. The van der Waals surface area contributed by atoms with Crippen LogP contribution in [-0.4, -0.2) is 32.8 Å². The number of benzene rings is 2. The van der Waals surface area contributed by atoms with E-state index in [1.807, 2.05) is 0 Å². The second kappa shape index (κ2) is 9.37. The van der Waals surface area contributed by atoms with Gasteiger partial charge in [-0.1, -0.05) is 0 Å². The van der Waals surface area contributed by atoms with E-state index in [0.29, 0.717) is 35.8 Å². The Hall–Kier alpha value is -2.96. The standard InChI is InChI=1S/C18H18BO6/c1-3-22-17(20)13-5-9-15(10-6-13)24-19-25-16-11-7-14(8-12-16)18(21)23-4-2/h5-12H,3-4H2,1-2H3. The third-order valence-corrected chi connectivity index (χ3v) is 3.10. The lowest BCUT2D eigenvalue weighted by molar-refractivity contribution is 0.0516. The van der Waals surface area contributed by atoms with Crippen LogP contribution in [0.1, 0.15) is 34.6 Å². The van der Waals surface area contributed by atoms with Crippen molar-refractivity contribution in [1.29, 1.82) is 0 Å². The summed E-state index contributed by atoms with van der Waals surface area (Å²) >= 11 is 0. The SMILES string of the molecule is CCOC(=O)c1ccc(O[B]Oc2ccc(C(=O)OCC)cc2)cc1. The van der Waals surface area contributed by atoms with Crippen molar-refractivity contribution in [3.63, 3.8) is 0 Å². The van der Waals surface area contributed by atoms with Crippen LogP contribution in [0.4, 0.5) is 0 Å². The minimum absolute atomic E-state index is 0.327. The molecule has 129 valence electrons. The van der Waals surface area contributed by atoms with E-state index in [1.54, 1.807) is 62.4 Å². The molecule has 0 N–H and O–H groups in total. The molecule has 0 aliphatic heterocycles. The molecule has 0 bridgehead atoms. The molecule has 2 aromatic carbocycles. The summed E-state index contributed by atoms with van der Waals surface area (Å²) in [6.45, 7) is 4.16. The van der Waals surface area contributed by atoms with Crippen LogP contribution in [0, 0.1) is 0 Å². The highest BCUT2D eigenvalue weighted by molar-refractivity contribution is 6.20. The van der Waals surface area contributed by atoms with Gasteiger partial charge in [0.2, 0.25) is 0 Å². The monoisotopic (exact) mass is 341 g/mol. The van der Waals surface area contributed by atoms with Gasteiger partial charge < -0.3 is 18.8 Å². The van der Waals surface area contributed by atoms with Crippen molar-refractivity contribution < 1.29 is 28.4 Å². The van der Waals surface area contributed by atoms with E-state index in [9.17, 15) is 9.59 Å². The van der Waals surface area contributed by atoms with Crippen LogP contribution in [0.2, 0.25) is 0 Å². The Morgan fingerprint density at radius 1 is 0.720 bits per heavy atom. The fourth-order valence-corrected chi connectivity index (χ4v) is 1.90. The lowest BCUT2D eigenvalue weighted by atomic mass is 10.2. The van der Waals surface area contributed by atoms with Crippen molar-refractivity contribution in [2.45, 2.75) is 13.8 Å². The first-order valence-electron chi connectivity index (χ1n) is 7.83. The highest BCUT2D eigenvalue weighted by Gasteiger charge is 2.08. The zero-order valence-corrected chi connectivity index (χ0v) is 14.1. The average Bonchev–Trinajstić information content (AvgIpc) is 2.63. The fourth-order valence-electron chi connectivity index (χ4n) is 1.90. The lowest BCUT2D eigenvalue weighted by Gasteiger charge is -2.08. The number of rotatable bonds is 8. The minimum Gasteiger partial charge on any atom is -0.526 e. The highest BCUT2D eigenvalue weighted by atomic mass is 16.6. The van der Waals surface area contributed by atoms with Gasteiger partial charge in [-0.2, -0.15) is 0 Å². The summed E-state index contributed by atoms with van der Waals surface area (Å²) in [6.07, 6.45) is 0. The summed E-state index contributed by atoms with van der Waals surface area (Å²) < 4.78 is 20.5. The van der Waals surface area contributed by atoms with E-state index >= 15 is 0 Å². The number of carbonyl (C=O) groups excluding carboxylic acids is 2. The minimum atomic E-state index is -0.379. The maximum absolute atomic E-state index is 11.5. The Labute approximate surface area is 147 Å². The maximum Gasteiger partial charge on any atom is 0.658 e. The van der Waals surface area contributed by atoms with Gasteiger partial charge in [0.1, 0.15) is 11.5 Å². The Balaban J connectivity index is 1.82. The van der Waals surface area contributed by atoms with Gasteiger partial charge in [-0.25, -0.2) is 9.59 Å². The van der Waals surface area contributed by atoms with Crippen molar-refractivity contribution in [3.8, 4) is 11.5 Å². The van der Waals surface area contributed by atoms with Gasteiger partial charge in [0.15, 0.2) is 0 Å². The average molecular weight is 341 g/mol. The van der Waals surface area contributed by atoms with Crippen molar-refractivity contribution in [2.75, 3.05) is 13.2 Å². The Bertz CT molecular complexity index is 635. The van der Waals surface area contributed by atoms with Gasteiger partial charge in [0, 0.05) is 0 Å². The Morgan fingerprint density at radius 2 is 1.08 bits per heavy atom. The van der Waals surface area contributed by atoms with E-state index in [1.165, 1.54) is 7.69 Å². The lowest BCUT2D eigenvalue weighted by Crippen LogP contribution is -2.11. The predicted molar refractivity (Wildman–Crippen MR) is 91.8 cm³/mol. The van der Waals surface area contributed by atoms with Crippen LogP contribution in [0.5, 0.6) is 11.5 Å². The second-order valence-corrected chi connectivity index (χ2v) is 4.82. The quantitative estimate of drug-likeness (QED) is 0.543. The summed E-state index contributed by atoms with van der Waals surface area (Å²) in [6, 6.07) is 13.0. The van der Waals surface area contributed by atoms with Gasteiger partial charge in [-0.15, -0.1) is 0 Å². The van der Waals surface area contributed by atoms with Crippen molar-refractivity contribution in [1.82, 2.24) is 0 Å². The van der Waals surface area contributed by atoms with E-state index in [0.717, 1.165) is 0 Å². The zero-order chi connectivity index (χ0) is 18.1. The molecular formula is C18H18BO6. The fraction of sp³-hybridized carbons (Fsp3) is 0.222. The Kier molecular flexibility index (Phi) is 6.89. The smallest absolute Gasteiger partial charge is 0.526 e. The number of carbonyl (C=O) groups is 2. The van der Waals surface area contributed by atoms with Crippen molar-refractivity contribution >= 4 is 19.6 Å². The van der Waals surface area contributed by atoms with E-state index in [2.05, 4.69) is 0 Å². The molecule has 25 heavy (non-hydrogen) atoms. The molecule has 6 nitrogen and oxygen atoms in total. The summed E-state index contributed by atoms with van der Waals surface area (Å²) in [7, 11) is 1.17. The maximum atomic E-state index is 11.5. The van der Waals surface area contributed by atoms with Gasteiger partial charge >= 0.3 is 19.6 Å². The largest absolute Gasteiger partial charge is 0.658 e. The summed E-state index contributed by atoms with van der Waals surface area (Å²) in [4.78, 5) is 23.1. The molecule has 0 atom stereocenters. The van der Waals surface area contributed by atoms with Crippen LogP contribution in [0.25, 0.3) is 0 Å². The molecule has 0 fully saturated rings. The molecule has 0 saturated heterocycles. The topological polar surface area (TPSA) is 71.1 Å². The van der Waals surface area contributed by atoms with Crippen molar-refractivity contribution in [3.05, 3.63) is 59.7 Å². The molecule has 1 radical (unpaired) electrons. The normalized spacial score (nSPS) is 9.84. The van der Waals surface area contributed by atoms with E-state index in [4.69, 9.17) is 18.8 Å². The van der Waals surface area contributed by atoms with Crippen LogP contribution in [-0.2, 0) is 9.47 Å². The number of esters is 2. The molecule has 2 aromatic rings. The summed E-state index contributed by atoms with van der Waals surface area (Å²) in [5.41, 5.74) is 0.898. The first-order valence-corrected chi connectivity index (χ1v) is 7.83. The first-order chi connectivity index (χ1) is 12.1. The molecule has 0 heterocycles. The summed E-state index contributed by atoms with van der Waals surface area (Å²) in [5, 5.41) is 0. The molecule has 0 saturated carbocycles. The van der Waals surface area contributed by atoms with Crippen LogP contribution in [0.15, 0.2) is 48.5 Å². The van der Waals surface area contributed by atoms with Crippen LogP contribution < -0.4 is 9.31 Å². The van der Waals surface area contributed by atoms with Gasteiger partial charge in [0.05, 0.1) is 24.3 Å². The number of ether oxygens (including phenoxy) is 2. The highest BCUT2D eigenvalue weighted by Crippen LogP contribution is 2.15. The van der Waals surface area contributed by atoms with Gasteiger partial charge in [0.25, 0.3) is 0 Å². The predicted octanol–water partition coefficient (Wildman–Crippen LogP) is 3.03. The third-order valence-electron chi connectivity index (χ3n) is 3.10. The van der Waals surface area contributed by atoms with Gasteiger partial charge in [-0.3, -0.25) is 0 Å². The molecule has 0 spiro atoms. The molecule has 0 unspecified atom stereocenters. The van der Waals surface area contributed by atoms with Crippen molar-refractivity contribution in [2.24, 2.45) is 0 Å². The molecule has 0 aliphatic carbocycles. The second-order valence-electron chi connectivity index (χ2n) is 4.82. The van der Waals surface area contributed by atoms with Crippen LogP contribution >= 0.6 is 0 Å². The van der Waals surface area contributed by atoms with E-state index < -0.39 is 0 Å². The molecule has 0 aliphatic rings. The van der Waals surface area contributed by atoms with E-state index in [-0.39, 0.29) is 11.9 Å². The first kappa shape index (κ1) is 18.4. The van der Waals surface area contributed by atoms with Crippen LogP contribution in [0.3, 0.4) is 0 Å². The molecule has 0 amide bonds. The number of hydrogen-bond acceptors (Lipinski definition) is 6. The summed E-state index contributed by atoms with van der Waals surface area (Å²) in [5.74, 6) is 0.263. The Morgan fingerprint density at radius 3 is 1.40 bits per heavy atom. The third kappa shape index (κ3) is 5.56. The van der Waals surface area contributed by atoms with Gasteiger partial charge in [-0.05, 0) is 62.4 Å². The molecule has 2 rings (SSSR count). The number of hydrogen-bond donors (Lipinski definition) is 0. The molecular weight excluding hydrogens is 323 g/mol.